The number of carbonyl (C=O) groups excluding carboxylic acids is 2. The monoisotopic (exact) mass is 442 g/mol. The Morgan fingerprint density at radius 1 is 0.875 bits per heavy atom. The van der Waals surface area contributed by atoms with E-state index in [-0.39, 0.29) is 18.5 Å². The number of ether oxygens (including phenoxy) is 1. The third-order valence-corrected chi connectivity index (χ3v) is 5.97. The van der Waals surface area contributed by atoms with Gasteiger partial charge >= 0.3 is 5.97 Å². The Bertz CT molecular complexity index is 784. The largest absolute Gasteiger partial charge is 0.464 e. The van der Waals surface area contributed by atoms with Gasteiger partial charge in [-0.1, -0.05) is 89.3 Å². The van der Waals surface area contributed by atoms with Gasteiger partial charge in [-0.3, -0.25) is 9.59 Å². The van der Waals surface area contributed by atoms with E-state index < -0.39 is 0 Å². The van der Waals surface area contributed by atoms with Crippen LogP contribution in [0.2, 0.25) is 0 Å². The lowest BCUT2D eigenvalue weighted by Crippen LogP contribution is -2.27. The number of aryl methyl sites for hydroxylation is 1. The minimum Gasteiger partial charge on any atom is -0.464 e. The number of aromatic nitrogens is 1. The maximum absolute atomic E-state index is 12.0. The number of nitrogens with one attached hydrogen (secondary N) is 2. The summed E-state index contributed by atoms with van der Waals surface area (Å²) in [6.07, 6.45) is 17.6. The van der Waals surface area contributed by atoms with Crippen LogP contribution in [0.4, 0.5) is 0 Å². The van der Waals surface area contributed by atoms with Gasteiger partial charge in [-0.15, -0.1) is 0 Å². The number of amides is 1. The zero-order chi connectivity index (χ0) is 22.9. The summed E-state index contributed by atoms with van der Waals surface area (Å²) in [7, 11) is 0. The average molecular weight is 443 g/mol. The number of fused-ring (bicyclic) bond motifs is 1. The predicted molar refractivity (Wildman–Crippen MR) is 132 cm³/mol. The molecule has 2 aromatic rings. The van der Waals surface area contributed by atoms with Gasteiger partial charge < -0.3 is 15.0 Å². The second-order valence-corrected chi connectivity index (χ2v) is 8.72. The van der Waals surface area contributed by atoms with E-state index in [1.54, 1.807) is 0 Å². The van der Waals surface area contributed by atoms with Gasteiger partial charge in [0.15, 0.2) is 0 Å². The molecule has 0 aliphatic carbocycles. The molecule has 1 amide bonds. The van der Waals surface area contributed by atoms with E-state index in [0.717, 1.165) is 29.3 Å². The zero-order valence-electron chi connectivity index (χ0n) is 19.9. The number of aromatic amines is 1. The van der Waals surface area contributed by atoms with Crippen LogP contribution in [0, 0.1) is 0 Å². The molecular formula is C27H42N2O3. The van der Waals surface area contributed by atoms with Crippen LogP contribution in [-0.4, -0.2) is 30.0 Å². The summed E-state index contributed by atoms with van der Waals surface area (Å²) in [5.74, 6) is -0.175. The van der Waals surface area contributed by atoms with E-state index in [0.29, 0.717) is 25.8 Å². The predicted octanol–water partition coefficient (Wildman–Crippen LogP) is 6.46. The maximum atomic E-state index is 12.0. The molecule has 0 atom stereocenters. The summed E-state index contributed by atoms with van der Waals surface area (Å²) in [4.78, 5) is 27.1. The molecule has 1 aromatic heterocycles. The third kappa shape index (κ3) is 10.8. The molecule has 0 fully saturated rings. The van der Waals surface area contributed by atoms with Crippen molar-refractivity contribution in [2.75, 3.05) is 13.2 Å². The molecule has 2 N–H and O–H groups in total. The third-order valence-electron chi connectivity index (χ3n) is 5.97. The van der Waals surface area contributed by atoms with Crippen LogP contribution >= 0.6 is 0 Å². The second kappa shape index (κ2) is 16.3. The highest BCUT2D eigenvalue weighted by Gasteiger charge is 2.08. The van der Waals surface area contributed by atoms with Crippen molar-refractivity contribution in [1.82, 2.24) is 10.3 Å². The van der Waals surface area contributed by atoms with Gasteiger partial charge in [0.25, 0.3) is 0 Å². The first-order valence-corrected chi connectivity index (χ1v) is 12.7. The minimum atomic E-state index is -0.227. The van der Waals surface area contributed by atoms with Crippen LogP contribution in [-0.2, 0) is 20.7 Å². The van der Waals surface area contributed by atoms with E-state index in [1.807, 2.05) is 24.4 Å². The zero-order valence-corrected chi connectivity index (χ0v) is 19.9. The quantitative estimate of drug-likeness (QED) is 0.205. The first-order chi connectivity index (χ1) is 15.7. The smallest absolute Gasteiger partial charge is 0.306 e. The van der Waals surface area contributed by atoms with Gasteiger partial charge in [0, 0.05) is 29.9 Å². The fourth-order valence-corrected chi connectivity index (χ4v) is 4.04. The summed E-state index contributed by atoms with van der Waals surface area (Å²) >= 11 is 0. The standard InChI is InChI=1S/C27H42N2O3/c1-2-3-4-5-6-7-8-9-10-11-12-17-26(30)28-20-21-32-27(31)19-18-23-22-29-25-16-14-13-15-24(23)25/h13-16,22,29H,2-12,17-21H2,1H3,(H,28,30). The number of unbranched alkanes of at least 4 members (excludes halogenated alkanes) is 10. The van der Waals surface area contributed by atoms with Crippen LogP contribution in [0.1, 0.15) is 96.0 Å². The van der Waals surface area contributed by atoms with E-state index >= 15 is 0 Å². The maximum Gasteiger partial charge on any atom is 0.306 e. The number of H-pyrrole nitrogens is 1. The van der Waals surface area contributed by atoms with Gasteiger partial charge in [0.05, 0.1) is 6.54 Å². The highest BCUT2D eigenvalue weighted by atomic mass is 16.5. The van der Waals surface area contributed by atoms with Crippen molar-refractivity contribution in [3.8, 4) is 0 Å². The topological polar surface area (TPSA) is 71.2 Å². The number of esters is 1. The number of rotatable bonds is 18. The fourth-order valence-electron chi connectivity index (χ4n) is 4.04. The number of hydrogen-bond acceptors (Lipinski definition) is 3. The summed E-state index contributed by atoms with van der Waals surface area (Å²) < 4.78 is 5.25. The Balaban J connectivity index is 1.39. The molecule has 0 unspecified atom stereocenters. The SMILES string of the molecule is CCCCCCCCCCCCCC(=O)NCCOC(=O)CCc1c[nH]c2ccccc12. The van der Waals surface area contributed by atoms with Crippen LogP contribution in [0.5, 0.6) is 0 Å². The van der Waals surface area contributed by atoms with E-state index in [1.165, 1.54) is 57.8 Å². The fraction of sp³-hybridized carbons (Fsp3) is 0.630. The Morgan fingerprint density at radius 3 is 2.25 bits per heavy atom. The number of benzene rings is 1. The average Bonchev–Trinajstić information content (AvgIpc) is 3.22. The van der Waals surface area contributed by atoms with E-state index in [9.17, 15) is 9.59 Å². The first kappa shape index (κ1) is 26.0. The van der Waals surface area contributed by atoms with Crippen LogP contribution in [0.15, 0.2) is 30.5 Å². The van der Waals surface area contributed by atoms with Crippen LogP contribution in [0.25, 0.3) is 10.9 Å². The van der Waals surface area contributed by atoms with Crippen molar-refractivity contribution in [2.24, 2.45) is 0 Å². The number of para-hydroxylation sites is 1. The van der Waals surface area contributed by atoms with Crippen molar-refractivity contribution in [1.29, 1.82) is 0 Å². The van der Waals surface area contributed by atoms with E-state index in [2.05, 4.69) is 23.3 Å². The summed E-state index contributed by atoms with van der Waals surface area (Å²) in [6, 6.07) is 8.06. The molecule has 0 radical (unpaired) electrons. The van der Waals surface area contributed by atoms with Crippen molar-refractivity contribution in [3.05, 3.63) is 36.0 Å². The molecule has 1 heterocycles. The lowest BCUT2D eigenvalue weighted by atomic mass is 10.1. The van der Waals surface area contributed by atoms with Crippen LogP contribution in [0.3, 0.4) is 0 Å². The molecule has 32 heavy (non-hydrogen) atoms. The van der Waals surface area contributed by atoms with Crippen molar-refractivity contribution in [3.63, 3.8) is 0 Å². The molecule has 0 bridgehead atoms. The minimum absolute atomic E-state index is 0.0516. The number of hydrogen-bond donors (Lipinski definition) is 2. The molecule has 5 heteroatoms. The van der Waals surface area contributed by atoms with Gasteiger partial charge in [0.1, 0.15) is 6.61 Å². The molecule has 5 nitrogen and oxygen atoms in total. The Kier molecular flexibility index (Phi) is 13.3. The van der Waals surface area contributed by atoms with Crippen molar-refractivity contribution in [2.45, 2.75) is 96.8 Å². The highest BCUT2D eigenvalue weighted by Crippen LogP contribution is 2.19. The van der Waals surface area contributed by atoms with E-state index in [4.69, 9.17) is 4.74 Å². The molecule has 0 aliphatic heterocycles. The Morgan fingerprint density at radius 2 is 1.53 bits per heavy atom. The molecule has 0 saturated heterocycles. The molecule has 0 saturated carbocycles. The molecule has 2 rings (SSSR count). The highest BCUT2D eigenvalue weighted by molar-refractivity contribution is 5.83. The van der Waals surface area contributed by atoms with Gasteiger partial charge in [0.2, 0.25) is 5.91 Å². The lowest BCUT2D eigenvalue weighted by Gasteiger charge is -2.07. The Labute approximate surface area is 193 Å². The van der Waals surface area contributed by atoms with Gasteiger partial charge in [-0.05, 0) is 24.5 Å². The van der Waals surface area contributed by atoms with Gasteiger partial charge in [-0.25, -0.2) is 0 Å². The molecule has 0 aliphatic rings. The molecule has 178 valence electrons. The summed E-state index contributed by atoms with van der Waals surface area (Å²) in [5, 5.41) is 3.99. The summed E-state index contributed by atoms with van der Waals surface area (Å²) in [5.41, 5.74) is 2.20. The van der Waals surface area contributed by atoms with Gasteiger partial charge in [-0.2, -0.15) is 0 Å². The van der Waals surface area contributed by atoms with Crippen LogP contribution < -0.4 is 5.32 Å². The first-order valence-electron chi connectivity index (χ1n) is 12.7. The van der Waals surface area contributed by atoms with Crippen molar-refractivity contribution < 1.29 is 14.3 Å². The normalized spacial score (nSPS) is 11.0. The molecule has 0 spiro atoms. The second-order valence-electron chi connectivity index (χ2n) is 8.72. The molecular weight excluding hydrogens is 400 g/mol. The summed E-state index contributed by atoms with van der Waals surface area (Å²) in [6.45, 7) is 2.87. The van der Waals surface area contributed by atoms with Crippen molar-refractivity contribution >= 4 is 22.8 Å². The molecule has 1 aromatic carbocycles. The lowest BCUT2D eigenvalue weighted by molar-refractivity contribution is -0.143. The Hall–Kier alpha value is -2.30. The number of carbonyl (C=O) groups is 2.